The average Bonchev–Trinajstić information content (AvgIpc) is 2.53. The minimum atomic E-state index is -0.875. The van der Waals surface area contributed by atoms with E-state index >= 15 is 0 Å². The van der Waals surface area contributed by atoms with Gasteiger partial charge in [-0.15, -0.1) is 0 Å². The maximum absolute atomic E-state index is 12.0. The summed E-state index contributed by atoms with van der Waals surface area (Å²) in [4.78, 5) is 35.5. The van der Waals surface area contributed by atoms with Crippen LogP contribution in [0, 0.1) is 5.92 Å². The molecule has 0 bridgehead atoms. The van der Waals surface area contributed by atoms with Gasteiger partial charge >= 0.3 is 5.97 Å². The molecule has 1 aromatic carbocycles. The van der Waals surface area contributed by atoms with Crippen LogP contribution in [0.4, 0.5) is 0 Å². The predicted molar refractivity (Wildman–Crippen MR) is 77.4 cm³/mol. The fourth-order valence-electron chi connectivity index (χ4n) is 2.36. The van der Waals surface area contributed by atoms with Crippen molar-refractivity contribution in [2.45, 2.75) is 12.8 Å². The summed E-state index contributed by atoms with van der Waals surface area (Å²) in [6.45, 7) is 0.604. The second-order valence-electron chi connectivity index (χ2n) is 5.19. The number of amides is 2. The van der Waals surface area contributed by atoms with E-state index in [-0.39, 0.29) is 19.1 Å². The highest BCUT2D eigenvalue weighted by Crippen LogP contribution is 2.17. The minimum absolute atomic E-state index is 0.164. The van der Waals surface area contributed by atoms with E-state index < -0.39 is 17.8 Å². The van der Waals surface area contributed by atoms with Gasteiger partial charge in [0.1, 0.15) is 5.75 Å². The van der Waals surface area contributed by atoms with Crippen LogP contribution in [0.15, 0.2) is 24.3 Å². The summed E-state index contributed by atoms with van der Waals surface area (Å²) in [5.74, 6) is -1.71. The lowest BCUT2D eigenvalue weighted by atomic mass is 9.98. The molecule has 7 nitrogen and oxygen atoms in total. The Kier molecular flexibility index (Phi) is 4.98. The van der Waals surface area contributed by atoms with Gasteiger partial charge in [-0.3, -0.25) is 14.4 Å². The van der Waals surface area contributed by atoms with Crippen LogP contribution in [0.5, 0.6) is 5.75 Å². The molecule has 0 aromatic heterocycles. The fraction of sp³-hybridized carbons (Fsp3) is 0.400. The third kappa shape index (κ3) is 3.97. The zero-order chi connectivity index (χ0) is 16.1. The van der Waals surface area contributed by atoms with E-state index in [9.17, 15) is 14.4 Å². The van der Waals surface area contributed by atoms with Gasteiger partial charge in [0, 0.05) is 18.7 Å². The number of nitrogens with zero attached hydrogens (tertiary/aromatic N) is 1. The number of ether oxygens (including phenoxy) is 1. The number of rotatable bonds is 5. The van der Waals surface area contributed by atoms with Crippen LogP contribution in [0.2, 0.25) is 0 Å². The molecule has 0 spiro atoms. The van der Waals surface area contributed by atoms with Crippen molar-refractivity contribution in [2.24, 2.45) is 11.7 Å². The molecule has 2 amide bonds. The van der Waals surface area contributed by atoms with Crippen molar-refractivity contribution in [2.75, 3.05) is 19.7 Å². The summed E-state index contributed by atoms with van der Waals surface area (Å²) in [5, 5.41) is 9.01. The second-order valence-corrected chi connectivity index (χ2v) is 5.19. The number of aliphatic carboxylic acids is 1. The minimum Gasteiger partial charge on any atom is -0.484 e. The first-order valence-corrected chi connectivity index (χ1v) is 7.00. The van der Waals surface area contributed by atoms with Crippen LogP contribution in [-0.2, 0) is 9.59 Å². The Morgan fingerprint density at radius 1 is 1.27 bits per heavy atom. The van der Waals surface area contributed by atoms with E-state index in [0.717, 1.165) is 0 Å². The van der Waals surface area contributed by atoms with Gasteiger partial charge in [0.15, 0.2) is 6.61 Å². The number of hydrogen-bond acceptors (Lipinski definition) is 4. The van der Waals surface area contributed by atoms with Crippen LogP contribution in [0.3, 0.4) is 0 Å². The SMILES string of the molecule is NC(=O)c1ccc(OCC(=O)N2CCCC(C(=O)O)C2)cc1. The number of carbonyl (C=O) groups excluding carboxylic acids is 2. The average molecular weight is 306 g/mol. The Labute approximate surface area is 127 Å². The van der Waals surface area contributed by atoms with Crippen molar-refractivity contribution in [3.8, 4) is 5.75 Å². The highest BCUT2D eigenvalue weighted by molar-refractivity contribution is 5.92. The van der Waals surface area contributed by atoms with Crippen molar-refractivity contribution in [1.82, 2.24) is 4.90 Å². The monoisotopic (exact) mass is 306 g/mol. The molecule has 1 saturated heterocycles. The predicted octanol–water partition coefficient (Wildman–Crippen LogP) is 0.487. The van der Waals surface area contributed by atoms with Gasteiger partial charge in [-0.05, 0) is 37.1 Å². The zero-order valence-corrected chi connectivity index (χ0v) is 12.0. The Morgan fingerprint density at radius 2 is 1.95 bits per heavy atom. The topological polar surface area (TPSA) is 110 Å². The summed E-state index contributed by atoms with van der Waals surface area (Å²) >= 11 is 0. The Balaban J connectivity index is 1.86. The Hall–Kier alpha value is -2.57. The number of benzene rings is 1. The number of primary amides is 1. The molecule has 1 aliphatic heterocycles. The second kappa shape index (κ2) is 6.93. The van der Waals surface area contributed by atoms with Crippen LogP contribution in [0.25, 0.3) is 0 Å². The number of hydrogen-bond donors (Lipinski definition) is 2. The van der Waals surface area contributed by atoms with Gasteiger partial charge < -0.3 is 20.5 Å². The highest BCUT2D eigenvalue weighted by Gasteiger charge is 2.28. The molecule has 0 aliphatic carbocycles. The molecule has 1 fully saturated rings. The molecule has 1 aliphatic rings. The molecule has 1 heterocycles. The van der Waals surface area contributed by atoms with Gasteiger partial charge in [0.2, 0.25) is 5.91 Å². The van der Waals surface area contributed by atoms with E-state index in [1.165, 1.54) is 17.0 Å². The lowest BCUT2D eigenvalue weighted by molar-refractivity contribution is -0.146. The van der Waals surface area contributed by atoms with Gasteiger partial charge in [-0.1, -0.05) is 0 Å². The number of piperidine rings is 1. The number of likely N-dealkylation sites (tertiary alicyclic amines) is 1. The number of carboxylic acid groups (broad SMARTS) is 1. The lowest BCUT2D eigenvalue weighted by Crippen LogP contribution is -2.44. The summed E-state index contributed by atoms with van der Waals surface area (Å²) in [7, 11) is 0. The third-order valence-electron chi connectivity index (χ3n) is 3.62. The van der Waals surface area contributed by atoms with Crippen molar-refractivity contribution in [1.29, 1.82) is 0 Å². The zero-order valence-electron chi connectivity index (χ0n) is 12.0. The molecular formula is C15H18N2O5. The summed E-state index contributed by atoms with van der Waals surface area (Å²) < 4.78 is 5.36. The first-order chi connectivity index (χ1) is 10.5. The molecular weight excluding hydrogens is 288 g/mol. The molecule has 7 heteroatoms. The fourth-order valence-corrected chi connectivity index (χ4v) is 2.36. The van der Waals surface area contributed by atoms with E-state index in [1.807, 2.05) is 0 Å². The number of carbonyl (C=O) groups is 3. The first-order valence-electron chi connectivity index (χ1n) is 7.00. The molecule has 0 saturated carbocycles. The van der Waals surface area contributed by atoms with Crippen molar-refractivity contribution < 1.29 is 24.2 Å². The standard InChI is InChI=1S/C15H18N2O5/c16-14(19)10-3-5-12(6-4-10)22-9-13(18)17-7-1-2-11(8-17)15(20)21/h3-6,11H,1-2,7-9H2,(H2,16,19)(H,20,21). The van der Waals surface area contributed by atoms with E-state index in [1.54, 1.807) is 12.1 Å². The molecule has 0 radical (unpaired) electrons. The van der Waals surface area contributed by atoms with Gasteiger partial charge in [0.05, 0.1) is 5.92 Å². The van der Waals surface area contributed by atoms with Crippen molar-refractivity contribution in [3.63, 3.8) is 0 Å². The number of carboxylic acids is 1. The molecule has 1 aromatic rings. The van der Waals surface area contributed by atoms with Crippen LogP contribution in [-0.4, -0.2) is 47.5 Å². The molecule has 2 rings (SSSR count). The smallest absolute Gasteiger partial charge is 0.308 e. The van der Waals surface area contributed by atoms with E-state index in [2.05, 4.69) is 0 Å². The van der Waals surface area contributed by atoms with E-state index in [0.29, 0.717) is 30.7 Å². The summed E-state index contributed by atoms with van der Waals surface area (Å²) in [6, 6.07) is 6.15. The van der Waals surface area contributed by atoms with Crippen molar-refractivity contribution in [3.05, 3.63) is 29.8 Å². The van der Waals surface area contributed by atoms with Gasteiger partial charge in [-0.2, -0.15) is 0 Å². The van der Waals surface area contributed by atoms with Crippen molar-refractivity contribution >= 4 is 17.8 Å². The first kappa shape index (κ1) is 15.8. The molecule has 22 heavy (non-hydrogen) atoms. The van der Waals surface area contributed by atoms with E-state index in [4.69, 9.17) is 15.6 Å². The Morgan fingerprint density at radius 3 is 2.55 bits per heavy atom. The lowest BCUT2D eigenvalue weighted by Gasteiger charge is -2.30. The quantitative estimate of drug-likeness (QED) is 0.822. The number of nitrogens with two attached hydrogens (primary N) is 1. The maximum atomic E-state index is 12.0. The van der Waals surface area contributed by atoms with Gasteiger partial charge in [0.25, 0.3) is 5.91 Å². The maximum Gasteiger partial charge on any atom is 0.308 e. The Bertz CT molecular complexity index is 570. The molecule has 1 atom stereocenters. The normalized spacial score (nSPS) is 17.8. The highest BCUT2D eigenvalue weighted by atomic mass is 16.5. The molecule has 3 N–H and O–H groups in total. The molecule has 118 valence electrons. The van der Waals surface area contributed by atoms with Crippen LogP contribution >= 0.6 is 0 Å². The molecule has 1 unspecified atom stereocenters. The van der Waals surface area contributed by atoms with Crippen LogP contribution in [0.1, 0.15) is 23.2 Å². The third-order valence-corrected chi connectivity index (χ3v) is 3.62. The summed E-state index contributed by atoms with van der Waals surface area (Å²) in [5.41, 5.74) is 5.49. The largest absolute Gasteiger partial charge is 0.484 e. The van der Waals surface area contributed by atoms with Crippen LogP contribution < -0.4 is 10.5 Å². The summed E-state index contributed by atoms with van der Waals surface area (Å²) in [6.07, 6.45) is 1.27. The van der Waals surface area contributed by atoms with Gasteiger partial charge in [-0.25, -0.2) is 0 Å².